The van der Waals surface area contributed by atoms with Crippen molar-refractivity contribution in [2.45, 2.75) is 12.5 Å². The van der Waals surface area contributed by atoms with Crippen molar-refractivity contribution in [1.82, 2.24) is 0 Å². The summed E-state index contributed by atoms with van der Waals surface area (Å²) >= 11 is 0. The maximum absolute atomic E-state index is 10.3. The van der Waals surface area contributed by atoms with Gasteiger partial charge >= 0.3 is 5.97 Å². The van der Waals surface area contributed by atoms with Crippen LogP contribution in [0.3, 0.4) is 0 Å². The van der Waals surface area contributed by atoms with E-state index in [9.17, 15) is 9.59 Å². The van der Waals surface area contributed by atoms with Gasteiger partial charge in [0, 0.05) is 10.2 Å². The first kappa shape index (κ1) is 7.36. The molecule has 3 nitrogen and oxygen atoms in total. The maximum atomic E-state index is 10.3. The van der Waals surface area contributed by atoms with Gasteiger partial charge in [0.2, 0.25) is 0 Å². The quantitative estimate of drug-likeness (QED) is 0.388. The van der Waals surface area contributed by atoms with Crippen molar-refractivity contribution < 1.29 is 14.7 Å². The van der Waals surface area contributed by atoms with Gasteiger partial charge in [0.05, 0.1) is 0 Å². The minimum Gasteiger partial charge on any atom is -0.481 e. The summed E-state index contributed by atoms with van der Waals surface area (Å²) in [5.41, 5.74) is 0. The Morgan fingerprint density at radius 3 is 2.12 bits per heavy atom. The second-order valence-corrected chi connectivity index (χ2v) is 2.17. The fraction of sp³-hybridized carbons (Fsp3) is 0.500. The summed E-state index contributed by atoms with van der Waals surface area (Å²) in [5, 5.41) is 8.01. The van der Waals surface area contributed by atoms with E-state index in [1.54, 1.807) is 0 Å². The van der Waals surface area contributed by atoms with E-state index in [0.29, 0.717) is 6.04 Å². The Morgan fingerprint density at radius 1 is 1.50 bits per heavy atom. The van der Waals surface area contributed by atoms with E-state index in [0.717, 1.165) is 10.2 Å². The van der Waals surface area contributed by atoms with Crippen molar-refractivity contribution in [2.75, 3.05) is 0 Å². The largest absolute Gasteiger partial charge is 0.481 e. The summed E-state index contributed by atoms with van der Waals surface area (Å²) in [6.45, 7) is 0. The van der Waals surface area contributed by atoms with Crippen molar-refractivity contribution >= 4 is 22.0 Å². The number of carbonyl (C=O) groups is 2. The number of ketones is 1. The second kappa shape index (κ2) is 3.37. The van der Waals surface area contributed by atoms with Gasteiger partial charge in [-0.1, -0.05) is 0 Å². The molecule has 0 unspecified atom stereocenters. The van der Waals surface area contributed by atoms with Crippen LogP contribution in [0.25, 0.3) is 0 Å². The first-order valence-corrected chi connectivity index (χ1v) is 3.81. The highest BCUT2D eigenvalue weighted by atomic mass is 28.1. The molecular formula is C4H8O3Si. The zero-order valence-electron chi connectivity index (χ0n) is 4.68. The number of carboxylic acids is 1. The molecule has 0 heterocycles. The molecule has 0 atom stereocenters. The molecule has 0 aromatic rings. The smallest absolute Gasteiger partial charge is 0.310 e. The van der Waals surface area contributed by atoms with Gasteiger partial charge < -0.3 is 5.11 Å². The van der Waals surface area contributed by atoms with E-state index in [1.165, 1.54) is 0 Å². The lowest BCUT2D eigenvalue weighted by atomic mass is 10.3. The van der Waals surface area contributed by atoms with Crippen LogP contribution in [-0.2, 0) is 9.59 Å². The Morgan fingerprint density at radius 2 is 2.00 bits per heavy atom. The summed E-state index contributed by atoms with van der Waals surface area (Å²) in [6, 6.07) is 0.451. The van der Waals surface area contributed by atoms with Gasteiger partial charge in [-0.05, 0) is 6.04 Å². The Kier molecular flexibility index (Phi) is 3.10. The number of carbonyl (C=O) groups excluding carboxylic acids is 1. The van der Waals surface area contributed by atoms with Gasteiger partial charge in [-0.3, -0.25) is 9.59 Å². The van der Waals surface area contributed by atoms with E-state index in [4.69, 9.17) is 5.11 Å². The van der Waals surface area contributed by atoms with Gasteiger partial charge in [0.25, 0.3) is 0 Å². The molecule has 46 valence electrons. The number of aliphatic carboxylic acids is 1. The van der Waals surface area contributed by atoms with Crippen molar-refractivity contribution in [3.8, 4) is 0 Å². The van der Waals surface area contributed by atoms with Gasteiger partial charge in [-0.2, -0.15) is 0 Å². The highest BCUT2D eigenvalue weighted by Gasteiger charge is 2.02. The number of hydrogen-bond acceptors (Lipinski definition) is 2. The molecule has 0 amide bonds. The first-order chi connectivity index (χ1) is 3.66. The first-order valence-electron chi connectivity index (χ1n) is 2.40. The lowest BCUT2D eigenvalue weighted by molar-refractivity contribution is -0.139. The van der Waals surface area contributed by atoms with Crippen LogP contribution in [-0.4, -0.2) is 27.1 Å². The number of Topliss-reactive ketones (excluding diaryl/α,β-unsaturated/α-hetero) is 1. The lowest BCUT2D eigenvalue weighted by Crippen LogP contribution is -2.04. The van der Waals surface area contributed by atoms with Crippen LogP contribution >= 0.6 is 0 Å². The molecule has 1 N–H and O–H groups in total. The second-order valence-electron chi connectivity index (χ2n) is 1.46. The van der Waals surface area contributed by atoms with Crippen molar-refractivity contribution in [3.63, 3.8) is 0 Å². The number of hydrogen-bond donors (Lipinski definition) is 1. The van der Waals surface area contributed by atoms with E-state index in [1.807, 2.05) is 0 Å². The van der Waals surface area contributed by atoms with Crippen LogP contribution in [0, 0.1) is 0 Å². The zero-order valence-corrected chi connectivity index (χ0v) is 6.68. The molecule has 0 aliphatic carbocycles. The molecule has 0 bridgehead atoms. The third-order valence-corrected chi connectivity index (χ3v) is 1.53. The van der Waals surface area contributed by atoms with Gasteiger partial charge in [0.1, 0.15) is 12.2 Å². The molecule has 0 rings (SSSR count). The SMILES string of the molecule is O=C(O)CC(=O)C[SiH3]. The molecule has 0 radical (unpaired) electrons. The molecule has 0 aromatic heterocycles. The molecule has 0 aromatic carbocycles. The van der Waals surface area contributed by atoms with Crippen LogP contribution in [0.1, 0.15) is 6.42 Å². The average molecular weight is 132 g/mol. The van der Waals surface area contributed by atoms with Crippen LogP contribution in [0.2, 0.25) is 6.04 Å². The third-order valence-electron chi connectivity index (χ3n) is 0.743. The van der Waals surface area contributed by atoms with Crippen molar-refractivity contribution in [3.05, 3.63) is 0 Å². The summed E-state index contributed by atoms with van der Waals surface area (Å²) in [4.78, 5) is 20.0. The predicted octanol–water partition coefficient (Wildman–Crippen LogP) is -1.19. The monoisotopic (exact) mass is 132 g/mol. The normalized spacial score (nSPS) is 9.00. The molecule has 0 fully saturated rings. The summed E-state index contributed by atoms with van der Waals surface area (Å²) in [5.74, 6) is -1.19. The van der Waals surface area contributed by atoms with Crippen LogP contribution in [0.4, 0.5) is 0 Å². The number of carboxylic acid groups (broad SMARTS) is 1. The Bertz CT molecular complexity index is 110. The van der Waals surface area contributed by atoms with E-state index >= 15 is 0 Å². The molecule has 0 aliphatic rings. The fourth-order valence-corrected chi connectivity index (χ4v) is 0.544. The zero-order chi connectivity index (χ0) is 6.57. The molecule has 0 spiro atoms. The highest BCUT2D eigenvalue weighted by Crippen LogP contribution is 1.84. The van der Waals surface area contributed by atoms with E-state index in [2.05, 4.69) is 0 Å². The molecule has 8 heavy (non-hydrogen) atoms. The van der Waals surface area contributed by atoms with Crippen LogP contribution in [0.5, 0.6) is 0 Å². The summed E-state index contributed by atoms with van der Waals surface area (Å²) < 4.78 is 0. The third kappa shape index (κ3) is 3.54. The van der Waals surface area contributed by atoms with Gasteiger partial charge in [-0.15, -0.1) is 0 Å². The Labute approximate surface area is 50.1 Å². The summed E-state index contributed by atoms with van der Waals surface area (Å²) in [6.07, 6.45) is -0.302. The van der Waals surface area contributed by atoms with Gasteiger partial charge in [-0.25, -0.2) is 0 Å². The Hall–Kier alpha value is -0.643. The van der Waals surface area contributed by atoms with E-state index < -0.39 is 5.97 Å². The molecule has 0 saturated heterocycles. The van der Waals surface area contributed by atoms with E-state index in [-0.39, 0.29) is 12.2 Å². The minimum absolute atomic E-state index is 0.163. The Balaban J connectivity index is 3.40. The molecular weight excluding hydrogens is 124 g/mol. The fourth-order valence-electron chi connectivity index (χ4n) is 0.294. The minimum atomic E-state index is -1.02. The molecule has 0 saturated carbocycles. The standard InChI is InChI=1S/C4H8O3Si/c5-3(2-8)1-4(6)7/h1-2H2,8H3,(H,6,7). The lowest BCUT2D eigenvalue weighted by Gasteiger charge is -1.86. The maximum Gasteiger partial charge on any atom is 0.310 e. The van der Waals surface area contributed by atoms with Crippen molar-refractivity contribution in [2.24, 2.45) is 0 Å². The predicted molar refractivity (Wildman–Crippen MR) is 32.0 cm³/mol. The summed E-state index contributed by atoms with van der Waals surface area (Å²) in [7, 11) is 0.765. The van der Waals surface area contributed by atoms with Crippen molar-refractivity contribution in [1.29, 1.82) is 0 Å². The van der Waals surface area contributed by atoms with Crippen LogP contribution in [0.15, 0.2) is 0 Å². The molecule has 0 aliphatic heterocycles. The topological polar surface area (TPSA) is 54.4 Å². The average Bonchev–Trinajstić information content (AvgIpc) is 1.65. The van der Waals surface area contributed by atoms with Gasteiger partial charge in [0.15, 0.2) is 0 Å². The number of rotatable bonds is 3. The highest BCUT2D eigenvalue weighted by molar-refractivity contribution is 6.21. The van der Waals surface area contributed by atoms with Crippen LogP contribution < -0.4 is 0 Å². The molecule has 4 heteroatoms.